The van der Waals surface area contributed by atoms with Crippen molar-refractivity contribution in [2.24, 2.45) is 0 Å². The highest BCUT2D eigenvalue weighted by Gasteiger charge is 2.28. The van der Waals surface area contributed by atoms with E-state index in [4.69, 9.17) is 4.74 Å². The van der Waals surface area contributed by atoms with Gasteiger partial charge in [-0.1, -0.05) is 24.3 Å². The molecule has 1 fully saturated rings. The van der Waals surface area contributed by atoms with Gasteiger partial charge in [-0.05, 0) is 73.4 Å². The summed E-state index contributed by atoms with van der Waals surface area (Å²) in [4.78, 5) is 13.1. The van der Waals surface area contributed by atoms with Gasteiger partial charge in [0.05, 0.1) is 36.2 Å². The van der Waals surface area contributed by atoms with E-state index in [2.05, 4.69) is 5.32 Å². The van der Waals surface area contributed by atoms with E-state index >= 15 is 0 Å². The van der Waals surface area contributed by atoms with E-state index in [0.29, 0.717) is 35.7 Å². The lowest BCUT2D eigenvalue weighted by atomic mass is 10.1. The summed E-state index contributed by atoms with van der Waals surface area (Å²) in [6.07, 6.45) is 2.80. The van der Waals surface area contributed by atoms with Crippen molar-refractivity contribution in [3.63, 3.8) is 0 Å². The molecule has 1 aliphatic heterocycles. The number of methoxy groups -OCH3 is 1. The number of ether oxygens (including phenoxy) is 1. The molecule has 1 saturated heterocycles. The number of rotatable bonds is 9. The van der Waals surface area contributed by atoms with Gasteiger partial charge in [-0.3, -0.25) is 9.10 Å². The fourth-order valence-electron chi connectivity index (χ4n) is 4.33. The molecule has 3 aromatic carbocycles. The predicted octanol–water partition coefficient (Wildman–Crippen LogP) is 4.01. The molecule has 202 valence electrons. The van der Waals surface area contributed by atoms with Crippen molar-refractivity contribution in [3.8, 4) is 5.75 Å². The topological polar surface area (TPSA) is 113 Å². The van der Waals surface area contributed by atoms with Crippen molar-refractivity contribution >= 4 is 37.3 Å². The normalized spacial score (nSPS) is 14.3. The minimum absolute atomic E-state index is 0.0860. The highest BCUT2D eigenvalue weighted by molar-refractivity contribution is 7.92. The van der Waals surface area contributed by atoms with Gasteiger partial charge in [0, 0.05) is 18.7 Å². The van der Waals surface area contributed by atoms with Crippen LogP contribution < -0.4 is 14.4 Å². The Bertz CT molecular complexity index is 1530. The van der Waals surface area contributed by atoms with Crippen LogP contribution in [0.4, 0.5) is 11.4 Å². The van der Waals surface area contributed by atoms with E-state index in [-0.39, 0.29) is 17.1 Å². The van der Waals surface area contributed by atoms with Gasteiger partial charge in [0.25, 0.3) is 5.91 Å². The number of nitrogens with one attached hydrogen (secondary N) is 1. The van der Waals surface area contributed by atoms with Gasteiger partial charge in [0.2, 0.25) is 20.0 Å². The van der Waals surface area contributed by atoms with Gasteiger partial charge in [0.15, 0.2) is 0 Å². The molecule has 9 nitrogen and oxygen atoms in total. The number of carbonyl (C=O) groups is 1. The molecule has 4 rings (SSSR count). The zero-order valence-corrected chi connectivity index (χ0v) is 23.2. The average molecular weight is 558 g/mol. The smallest absolute Gasteiger partial charge is 0.255 e. The molecule has 1 heterocycles. The largest absolute Gasteiger partial charge is 0.495 e. The number of anilines is 2. The standard InChI is InChI=1S/C27H31N3O6S2/c1-20-7-6-8-23(17-20)30(37(3,32)33)19-21-9-11-22(12-10-21)27(31)28-25-18-24(13-14-26(25)36-2)38(34,35)29-15-4-5-16-29/h6-14,17-18H,4-5,15-16,19H2,1-3H3,(H,28,31). The van der Waals surface area contributed by atoms with Crippen LogP contribution in [0.1, 0.15) is 34.3 Å². The van der Waals surface area contributed by atoms with E-state index in [1.165, 1.54) is 33.9 Å². The third kappa shape index (κ3) is 6.17. The van der Waals surface area contributed by atoms with Gasteiger partial charge in [-0.25, -0.2) is 16.8 Å². The second-order valence-electron chi connectivity index (χ2n) is 9.23. The van der Waals surface area contributed by atoms with Crippen molar-refractivity contribution in [2.75, 3.05) is 36.1 Å². The van der Waals surface area contributed by atoms with E-state index in [1.54, 1.807) is 42.5 Å². The highest BCUT2D eigenvalue weighted by Crippen LogP contribution is 2.30. The minimum Gasteiger partial charge on any atom is -0.495 e. The molecule has 0 aromatic heterocycles. The minimum atomic E-state index is -3.67. The van der Waals surface area contributed by atoms with E-state index in [1.807, 2.05) is 13.0 Å². The van der Waals surface area contributed by atoms with Gasteiger partial charge >= 0.3 is 0 Å². The van der Waals surface area contributed by atoms with Gasteiger partial charge in [-0.15, -0.1) is 0 Å². The zero-order valence-electron chi connectivity index (χ0n) is 21.5. The molecular weight excluding hydrogens is 526 g/mol. The number of nitrogens with zero attached hydrogens (tertiary/aromatic N) is 2. The quantitative estimate of drug-likeness (QED) is 0.426. The average Bonchev–Trinajstić information content (AvgIpc) is 3.43. The van der Waals surface area contributed by atoms with Crippen LogP contribution in [0.3, 0.4) is 0 Å². The first-order chi connectivity index (χ1) is 18.0. The van der Waals surface area contributed by atoms with Crippen LogP contribution in [0.5, 0.6) is 5.75 Å². The summed E-state index contributed by atoms with van der Waals surface area (Å²) in [7, 11) is -5.77. The molecule has 1 N–H and O–H groups in total. The lowest BCUT2D eigenvalue weighted by molar-refractivity contribution is 0.102. The molecule has 11 heteroatoms. The summed E-state index contributed by atoms with van der Waals surface area (Å²) in [5, 5.41) is 2.74. The van der Waals surface area contributed by atoms with E-state index in [9.17, 15) is 21.6 Å². The first kappa shape index (κ1) is 27.6. The Morgan fingerprint density at radius 3 is 2.26 bits per heavy atom. The molecule has 1 amide bonds. The van der Waals surface area contributed by atoms with Crippen LogP contribution in [-0.4, -0.2) is 53.5 Å². The van der Waals surface area contributed by atoms with Crippen LogP contribution in [0.25, 0.3) is 0 Å². The van der Waals surface area contributed by atoms with Gasteiger partial charge < -0.3 is 10.1 Å². The van der Waals surface area contributed by atoms with Gasteiger partial charge in [0.1, 0.15) is 5.75 Å². The van der Waals surface area contributed by atoms with Crippen LogP contribution in [-0.2, 0) is 26.6 Å². The number of sulfonamides is 2. The summed E-state index contributed by atoms with van der Waals surface area (Å²) in [6.45, 7) is 2.95. The Labute approximate surface area is 224 Å². The molecule has 0 spiro atoms. The lowest BCUT2D eigenvalue weighted by Gasteiger charge is -2.23. The summed E-state index contributed by atoms with van der Waals surface area (Å²) in [6, 6.07) is 18.2. The summed E-state index contributed by atoms with van der Waals surface area (Å²) in [5.41, 5.74) is 2.76. The molecule has 0 aliphatic carbocycles. The fourth-order valence-corrected chi connectivity index (χ4v) is 6.75. The van der Waals surface area contributed by atoms with Crippen molar-refractivity contribution in [2.45, 2.75) is 31.2 Å². The predicted molar refractivity (Wildman–Crippen MR) is 148 cm³/mol. The van der Waals surface area contributed by atoms with E-state index in [0.717, 1.165) is 24.7 Å². The third-order valence-corrected chi connectivity index (χ3v) is 9.39. The Morgan fingerprint density at radius 1 is 0.974 bits per heavy atom. The molecule has 38 heavy (non-hydrogen) atoms. The van der Waals surface area contributed by atoms with Crippen LogP contribution in [0.2, 0.25) is 0 Å². The van der Waals surface area contributed by atoms with Crippen molar-refractivity contribution < 1.29 is 26.4 Å². The molecule has 1 aliphatic rings. The Balaban J connectivity index is 1.53. The number of amides is 1. The lowest BCUT2D eigenvalue weighted by Crippen LogP contribution is -2.29. The van der Waals surface area contributed by atoms with Crippen molar-refractivity contribution in [3.05, 3.63) is 83.4 Å². The molecule has 0 atom stereocenters. The SMILES string of the molecule is COc1ccc(S(=O)(=O)N2CCCC2)cc1NC(=O)c1ccc(CN(c2cccc(C)c2)S(C)(=O)=O)cc1. The molecule has 0 saturated carbocycles. The van der Waals surface area contributed by atoms with Crippen molar-refractivity contribution in [1.29, 1.82) is 0 Å². The first-order valence-electron chi connectivity index (χ1n) is 12.1. The van der Waals surface area contributed by atoms with Crippen molar-refractivity contribution in [1.82, 2.24) is 4.31 Å². The molecule has 0 unspecified atom stereocenters. The molecule has 0 radical (unpaired) electrons. The second-order valence-corrected chi connectivity index (χ2v) is 13.1. The maximum absolute atomic E-state index is 13.0. The molecular formula is C27H31N3O6S2. The zero-order chi connectivity index (χ0) is 27.5. The number of hydrogen-bond acceptors (Lipinski definition) is 6. The molecule has 3 aromatic rings. The number of carbonyl (C=O) groups excluding carboxylic acids is 1. The maximum atomic E-state index is 13.0. The van der Waals surface area contributed by atoms with Crippen LogP contribution in [0.15, 0.2) is 71.6 Å². The number of hydrogen-bond donors (Lipinski definition) is 1. The first-order valence-corrected chi connectivity index (χ1v) is 15.4. The summed E-state index contributed by atoms with van der Waals surface area (Å²) in [5.74, 6) is -0.124. The second kappa shape index (κ2) is 11.1. The highest BCUT2D eigenvalue weighted by atomic mass is 32.2. The van der Waals surface area contributed by atoms with Crippen LogP contribution >= 0.6 is 0 Å². The number of aryl methyl sites for hydroxylation is 1. The van der Waals surface area contributed by atoms with Crippen LogP contribution in [0, 0.1) is 6.92 Å². The fraction of sp³-hybridized carbons (Fsp3) is 0.296. The Morgan fingerprint density at radius 2 is 1.66 bits per heavy atom. The van der Waals surface area contributed by atoms with E-state index < -0.39 is 26.0 Å². The summed E-state index contributed by atoms with van der Waals surface area (Å²) < 4.78 is 59.0. The number of benzene rings is 3. The molecule has 0 bridgehead atoms. The maximum Gasteiger partial charge on any atom is 0.255 e. The Kier molecular flexibility index (Phi) is 8.10. The third-order valence-electron chi connectivity index (χ3n) is 6.35. The Hall–Kier alpha value is -3.41. The van der Waals surface area contributed by atoms with Gasteiger partial charge in [-0.2, -0.15) is 4.31 Å². The monoisotopic (exact) mass is 557 g/mol. The summed E-state index contributed by atoms with van der Waals surface area (Å²) >= 11 is 0.